The van der Waals surface area contributed by atoms with Crippen LogP contribution in [-0.2, 0) is 13.0 Å². The summed E-state index contributed by atoms with van der Waals surface area (Å²) in [5.41, 5.74) is 4.74. The Morgan fingerprint density at radius 1 is 1.26 bits per heavy atom. The minimum Gasteiger partial charge on any atom is -0.338 e. The minimum absolute atomic E-state index is 0.0310. The Balaban J connectivity index is 1.57. The lowest BCUT2D eigenvalue weighted by molar-refractivity contribution is 0.193. The summed E-state index contributed by atoms with van der Waals surface area (Å²) < 4.78 is 0. The van der Waals surface area contributed by atoms with Crippen LogP contribution >= 0.6 is 0 Å². The van der Waals surface area contributed by atoms with Gasteiger partial charge in [-0.25, -0.2) is 4.79 Å². The molecule has 0 radical (unpaired) electrons. The Morgan fingerprint density at radius 3 is 2.74 bits per heavy atom. The zero-order valence-corrected chi connectivity index (χ0v) is 16.6. The third-order valence-corrected chi connectivity index (χ3v) is 5.13. The number of nitrogens with zero attached hydrogens (tertiary/aromatic N) is 3. The predicted molar refractivity (Wildman–Crippen MR) is 109 cm³/mol. The third kappa shape index (κ3) is 5.07. The average molecular weight is 367 g/mol. The standard InChI is InChI=1S/C22H30N4O/c1-17-6-4-13-23-20(17)12-14-24-22(27)26-15-5-7-21(26)19-10-8-18(9-11-19)16-25(2)3/h4,6,8-11,13,21H,5,7,12,14-16H2,1-3H3,(H,24,27)/t21-/m0/s1. The number of rotatable bonds is 6. The summed E-state index contributed by atoms with van der Waals surface area (Å²) in [6.45, 7) is 4.42. The third-order valence-electron chi connectivity index (χ3n) is 5.13. The van der Waals surface area contributed by atoms with Gasteiger partial charge in [-0.15, -0.1) is 0 Å². The van der Waals surface area contributed by atoms with Crippen LogP contribution in [0.2, 0.25) is 0 Å². The van der Waals surface area contributed by atoms with Gasteiger partial charge in [0.2, 0.25) is 0 Å². The lowest BCUT2D eigenvalue weighted by atomic mass is 10.0. The maximum Gasteiger partial charge on any atom is 0.317 e. The van der Waals surface area contributed by atoms with Crippen LogP contribution in [0.15, 0.2) is 42.6 Å². The quantitative estimate of drug-likeness (QED) is 0.851. The molecule has 144 valence electrons. The first-order valence-corrected chi connectivity index (χ1v) is 9.73. The first kappa shape index (κ1) is 19.4. The highest BCUT2D eigenvalue weighted by molar-refractivity contribution is 5.75. The van der Waals surface area contributed by atoms with E-state index >= 15 is 0 Å². The number of aromatic nitrogens is 1. The number of carbonyl (C=O) groups excluding carboxylic acids is 1. The Hall–Kier alpha value is -2.40. The number of aryl methyl sites for hydroxylation is 1. The number of likely N-dealkylation sites (tertiary alicyclic amines) is 1. The van der Waals surface area contributed by atoms with Gasteiger partial charge in [-0.1, -0.05) is 30.3 Å². The van der Waals surface area contributed by atoms with Crippen LogP contribution in [0.5, 0.6) is 0 Å². The van der Waals surface area contributed by atoms with E-state index < -0.39 is 0 Å². The van der Waals surface area contributed by atoms with E-state index in [2.05, 4.69) is 66.6 Å². The smallest absolute Gasteiger partial charge is 0.317 e. The van der Waals surface area contributed by atoms with Crippen molar-refractivity contribution in [3.8, 4) is 0 Å². The predicted octanol–water partition coefficient (Wildman–Crippen LogP) is 3.54. The maximum absolute atomic E-state index is 12.7. The number of urea groups is 1. The van der Waals surface area contributed by atoms with Gasteiger partial charge in [0.1, 0.15) is 0 Å². The highest BCUT2D eigenvalue weighted by Crippen LogP contribution is 2.32. The van der Waals surface area contributed by atoms with E-state index in [-0.39, 0.29) is 12.1 Å². The van der Waals surface area contributed by atoms with Crippen LogP contribution in [0.4, 0.5) is 4.79 Å². The molecule has 1 aromatic heterocycles. The summed E-state index contributed by atoms with van der Waals surface area (Å²) >= 11 is 0. The number of hydrogen-bond donors (Lipinski definition) is 1. The summed E-state index contributed by atoms with van der Waals surface area (Å²) in [6.07, 6.45) is 4.65. The van der Waals surface area contributed by atoms with E-state index in [0.29, 0.717) is 6.54 Å². The second-order valence-corrected chi connectivity index (χ2v) is 7.58. The molecule has 2 amide bonds. The molecule has 5 heteroatoms. The van der Waals surface area contributed by atoms with Gasteiger partial charge in [-0.05, 0) is 56.6 Å². The molecule has 0 spiro atoms. The van der Waals surface area contributed by atoms with E-state index in [0.717, 1.165) is 38.0 Å². The van der Waals surface area contributed by atoms with Gasteiger partial charge >= 0.3 is 6.03 Å². The fourth-order valence-electron chi connectivity index (χ4n) is 3.74. The monoisotopic (exact) mass is 366 g/mol. The molecule has 2 aromatic rings. The number of carbonyl (C=O) groups is 1. The summed E-state index contributed by atoms with van der Waals surface area (Å²) in [7, 11) is 4.15. The van der Waals surface area contributed by atoms with Gasteiger partial charge in [0, 0.05) is 37.9 Å². The van der Waals surface area contributed by atoms with Crippen molar-refractivity contribution >= 4 is 6.03 Å². The number of amides is 2. The van der Waals surface area contributed by atoms with Crippen molar-refractivity contribution in [3.05, 3.63) is 65.0 Å². The van der Waals surface area contributed by atoms with Crippen LogP contribution in [0, 0.1) is 6.92 Å². The molecule has 1 fully saturated rings. The molecule has 0 saturated carbocycles. The molecular formula is C22H30N4O. The van der Waals surface area contributed by atoms with E-state index in [1.807, 2.05) is 11.0 Å². The van der Waals surface area contributed by atoms with E-state index in [1.54, 1.807) is 6.20 Å². The maximum atomic E-state index is 12.7. The molecule has 1 N–H and O–H groups in total. The topological polar surface area (TPSA) is 48.5 Å². The van der Waals surface area contributed by atoms with Gasteiger partial charge in [0.25, 0.3) is 0 Å². The van der Waals surface area contributed by atoms with Crippen LogP contribution in [0.3, 0.4) is 0 Å². The average Bonchev–Trinajstić information content (AvgIpc) is 3.13. The van der Waals surface area contributed by atoms with Gasteiger partial charge < -0.3 is 15.1 Å². The fraction of sp³-hybridized carbons (Fsp3) is 0.455. The second kappa shape index (κ2) is 9.00. The first-order chi connectivity index (χ1) is 13.0. The number of pyridine rings is 1. The SMILES string of the molecule is Cc1cccnc1CCNC(=O)N1CCC[C@H]1c1ccc(CN(C)C)cc1. The van der Waals surface area contributed by atoms with E-state index in [4.69, 9.17) is 0 Å². The summed E-state index contributed by atoms with van der Waals surface area (Å²) in [4.78, 5) is 21.2. The van der Waals surface area contributed by atoms with Crippen molar-refractivity contribution in [2.45, 2.75) is 38.8 Å². The largest absolute Gasteiger partial charge is 0.338 e. The Kier molecular flexibility index (Phi) is 6.45. The van der Waals surface area contributed by atoms with E-state index in [1.165, 1.54) is 16.7 Å². The fourth-order valence-corrected chi connectivity index (χ4v) is 3.74. The van der Waals surface area contributed by atoms with Gasteiger partial charge in [-0.3, -0.25) is 4.98 Å². The number of benzene rings is 1. The molecule has 1 aliphatic rings. The van der Waals surface area contributed by atoms with Crippen molar-refractivity contribution in [2.24, 2.45) is 0 Å². The molecule has 1 saturated heterocycles. The van der Waals surface area contributed by atoms with Crippen LogP contribution in [0.25, 0.3) is 0 Å². The second-order valence-electron chi connectivity index (χ2n) is 7.58. The summed E-state index contributed by atoms with van der Waals surface area (Å²) in [6, 6.07) is 12.9. The lowest BCUT2D eigenvalue weighted by Crippen LogP contribution is -2.40. The first-order valence-electron chi connectivity index (χ1n) is 9.73. The van der Waals surface area contributed by atoms with Gasteiger partial charge in [-0.2, -0.15) is 0 Å². The molecule has 1 aliphatic heterocycles. The van der Waals surface area contributed by atoms with Gasteiger partial charge in [0.15, 0.2) is 0 Å². The minimum atomic E-state index is 0.0310. The van der Waals surface area contributed by atoms with Gasteiger partial charge in [0.05, 0.1) is 6.04 Å². The molecule has 0 aliphatic carbocycles. The van der Waals surface area contributed by atoms with Crippen LogP contribution < -0.4 is 5.32 Å². The molecule has 0 bridgehead atoms. The highest BCUT2D eigenvalue weighted by atomic mass is 16.2. The van der Waals surface area contributed by atoms with Crippen molar-refractivity contribution in [3.63, 3.8) is 0 Å². The summed E-state index contributed by atoms with van der Waals surface area (Å²) in [5, 5.41) is 3.08. The van der Waals surface area contributed by atoms with Crippen molar-refractivity contribution in [1.82, 2.24) is 20.1 Å². The van der Waals surface area contributed by atoms with Crippen LogP contribution in [0.1, 0.15) is 41.3 Å². The summed E-state index contributed by atoms with van der Waals surface area (Å²) in [5.74, 6) is 0. The van der Waals surface area contributed by atoms with Crippen molar-refractivity contribution < 1.29 is 4.79 Å². The Bertz CT molecular complexity index is 757. The van der Waals surface area contributed by atoms with E-state index in [9.17, 15) is 4.79 Å². The molecule has 5 nitrogen and oxygen atoms in total. The zero-order valence-electron chi connectivity index (χ0n) is 16.6. The van der Waals surface area contributed by atoms with Crippen molar-refractivity contribution in [1.29, 1.82) is 0 Å². The lowest BCUT2D eigenvalue weighted by Gasteiger charge is -2.25. The molecule has 3 rings (SSSR count). The molecule has 0 unspecified atom stereocenters. The number of nitrogens with one attached hydrogen (secondary N) is 1. The van der Waals surface area contributed by atoms with Crippen LogP contribution in [-0.4, -0.2) is 48.0 Å². The zero-order chi connectivity index (χ0) is 19.2. The molecule has 27 heavy (non-hydrogen) atoms. The molecule has 1 atom stereocenters. The Labute approximate surface area is 162 Å². The molecule has 2 heterocycles. The normalized spacial score (nSPS) is 16.7. The molecular weight excluding hydrogens is 336 g/mol. The highest BCUT2D eigenvalue weighted by Gasteiger charge is 2.29. The number of hydrogen-bond acceptors (Lipinski definition) is 3. The Morgan fingerprint density at radius 2 is 2.04 bits per heavy atom. The van der Waals surface area contributed by atoms with Crippen molar-refractivity contribution in [2.75, 3.05) is 27.2 Å². The molecule has 1 aromatic carbocycles.